The Morgan fingerprint density at radius 1 is 1.22 bits per heavy atom. The molecule has 0 aliphatic carbocycles. The summed E-state index contributed by atoms with van der Waals surface area (Å²) in [5.41, 5.74) is 0.606. The molecule has 0 aromatic heterocycles. The highest BCUT2D eigenvalue weighted by molar-refractivity contribution is 14.1. The molecular formula is C15H14ClIO5S. The summed E-state index contributed by atoms with van der Waals surface area (Å²) in [6.07, 6.45) is 0. The Labute approximate surface area is 153 Å². The second-order valence-corrected chi connectivity index (χ2v) is 7.63. The Kier molecular flexibility index (Phi) is 6.12. The topological polar surface area (TPSA) is 72.8 Å². The minimum absolute atomic E-state index is 0.00798. The minimum Gasteiger partial charge on any atom is -0.490 e. The normalized spacial score (nSPS) is 11.3. The van der Waals surface area contributed by atoms with E-state index in [-0.39, 0.29) is 23.0 Å². The highest BCUT2D eigenvalue weighted by Crippen LogP contribution is 2.36. The molecule has 5 nitrogen and oxygen atoms in total. The molecule has 0 aliphatic rings. The SMILES string of the molecule is CCOc1cc(CO)cc(I)c1OS(=O)(=O)c1ccc(Cl)cc1. The third-order valence-electron chi connectivity index (χ3n) is 2.85. The van der Waals surface area contributed by atoms with E-state index in [0.717, 1.165) is 0 Å². The average molecular weight is 469 g/mol. The lowest BCUT2D eigenvalue weighted by molar-refractivity contribution is 0.279. The Bertz CT molecular complexity index is 790. The van der Waals surface area contributed by atoms with E-state index in [1.807, 2.05) is 22.6 Å². The number of aliphatic hydroxyl groups is 1. The molecule has 0 aliphatic heterocycles. The van der Waals surface area contributed by atoms with Gasteiger partial charge < -0.3 is 14.0 Å². The molecule has 0 spiro atoms. The van der Waals surface area contributed by atoms with Gasteiger partial charge in [-0.25, -0.2) is 0 Å². The quantitative estimate of drug-likeness (QED) is 0.518. The summed E-state index contributed by atoms with van der Waals surface area (Å²) in [6.45, 7) is 1.93. The number of hydrogen-bond acceptors (Lipinski definition) is 5. The van der Waals surface area contributed by atoms with Crippen molar-refractivity contribution < 1.29 is 22.4 Å². The second kappa shape index (κ2) is 7.69. The van der Waals surface area contributed by atoms with Crippen LogP contribution >= 0.6 is 34.2 Å². The molecule has 2 rings (SSSR count). The van der Waals surface area contributed by atoms with Gasteiger partial charge in [0.2, 0.25) is 0 Å². The van der Waals surface area contributed by atoms with Gasteiger partial charge in [0.1, 0.15) is 4.90 Å². The van der Waals surface area contributed by atoms with E-state index in [9.17, 15) is 13.5 Å². The molecule has 0 bridgehead atoms. The van der Waals surface area contributed by atoms with E-state index in [1.165, 1.54) is 24.3 Å². The maximum absolute atomic E-state index is 12.4. The van der Waals surface area contributed by atoms with Crippen molar-refractivity contribution in [1.29, 1.82) is 0 Å². The van der Waals surface area contributed by atoms with Gasteiger partial charge in [0.25, 0.3) is 0 Å². The summed E-state index contributed by atoms with van der Waals surface area (Å²) >= 11 is 7.70. The predicted octanol–water partition coefficient (Wildman–Crippen LogP) is 3.60. The molecule has 8 heteroatoms. The summed E-state index contributed by atoms with van der Waals surface area (Å²) in [6, 6.07) is 8.87. The minimum atomic E-state index is -4.02. The maximum atomic E-state index is 12.4. The molecule has 124 valence electrons. The lowest BCUT2D eigenvalue weighted by Gasteiger charge is -2.14. The number of ether oxygens (including phenoxy) is 1. The summed E-state index contributed by atoms with van der Waals surface area (Å²) in [4.78, 5) is -0.00798. The van der Waals surface area contributed by atoms with Crippen LogP contribution in [-0.4, -0.2) is 20.1 Å². The Hall–Kier alpha value is -1.03. The Morgan fingerprint density at radius 3 is 2.43 bits per heavy atom. The van der Waals surface area contributed by atoms with Crippen molar-refractivity contribution in [2.24, 2.45) is 0 Å². The standard InChI is InChI=1S/C15H14ClIO5S/c1-2-21-14-8-10(9-18)7-13(17)15(14)22-23(19,20)12-5-3-11(16)4-6-12/h3-8,18H,2,9H2,1H3. The van der Waals surface area contributed by atoms with Gasteiger partial charge in [-0.3, -0.25) is 0 Å². The second-order valence-electron chi connectivity index (χ2n) is 4.49. The van der Waals surface area contributed by atoms with Crippen LogP contribution in [0.4, 0.5) is 0 Å². The lowest BCUT2D eigenvalue weighted by atomic mass is 10.2. The van der Waals surface area contributed by atoms with Crippen molar-refractivity contribution in [2.45, 2.75) is 18.4 Å². The molecule has 0 radical (unpaired) electrons. The average Bonchev–Trinajstić information content (AvgIpc) is 2.51. The van der Waals surface area contributed by atoms with Crippen LogP contribution in [0.5, 0.6) is 11.5 Å². The molecule has 0 atom stereocenters. The van der Waals surface area contributed by atoms with Gasteiger partial charge in [-0.1, -0.05) is 11.6 Å². The zero-order valence-corrected chi connectivity index (χ0v) is 15.9. The fourth-order valence-electron chi connectivity index (χ4n) is 1.82. The van der Waals surface area contributed by atoms with Crippen LogP contribution < -0.4 is 8.92 Å². The summed E-state index contributed by atoms with van der Waals surface area (Å²) in [7, 11) is -4.02. The van der Waals surface area contributed by atoms with E-state index >= 15 is 0 Å². The van der Waals surface area contributed by atoms with Gasteiger partial charge >= 0.3 is 10.1 Å². The van der Waals surface area contributed by atoms with Crippen LogP contribution in [0.15, 0.2) is 41.3 Å². The molecule has 1 N–H and O–H groups in total. The number of benzene rings is 2. The molecule has 23 heavy (non-hydrogen) atoms. The highest BCUT2D eigenvalue weighted by Gasteiger charge is 2.22. The van der Waals surface area contributed by atoms with E-state index in [0.29, 0.717) is 20.8 Å². The lowest BCUT2D eigenvalue weighted by Crippen LogP contribution is -2.12. The number of aliphatic hydroxyl groups excluding tert-OH is 1. The first-order valence-electron chi connectivity index (χ1n) is 6.63. The number of halogens is 2. The van der Waals surface area contributed by atoms with Crippen LogP contribution in [0.3, 0.4) is 0 Å². The smallest absolute Gasteiger partial charge is 0.339 e. The van der Waals surface area contributed by atoms with Crippen molar-refractivity contribution in [3.8, 4) is 11.5 Å². The molecule has 0 amide bonds. The van der Waals surface area contributed by atoms with E-state index in [1.54, 1.807) is 19.1 Å². The Morgan fingerprint density at radius 2 is 1.87 bits per heavy atom. The van der Waals surface area contributed by atoms with Crippen molar-refractivity contribution in [3.05, 3.63) is 50.6 Å². The molecule has 0 heterocycles. The molecule has 0 saturated carbocycles. The van der Waals surface area contributed by atoms with E-state index in [4.69, 9.17) is 20.5 Å². The van der Waals surface area contributed by atoms with E-state index in [2.05, 4.69) is 0 Å². The third-order valence-corrected chi connectivity index (χ3v) is 5.14. The Balaban J connectivity index is 2.43. The number of hydrogen-bond donors (Lipinski definition) is 1. The predicted molar refractivity (Wildman–Crippen MR) is 95.5 cm³/mol. The zero-order chi connectivity index (χ0) is 17.0. The number of rotatable bonds is 6. The van der Waals surface area contributed by atoms with Crippen molar-refractivity contribution in [1.82, 2.24) is 0 Å². The van der Waals surface area contributed by atoms with Crippen LogP contribution in [0.25, 0.3) is 0 Å². The first kappa shape index (κ1) is 18.3. The molecule has 0 saturated heterocycles. The molecule has 2 aromatic rings. The zero-order valence-electron chi connectivity index (χ0n) is 12.1. The van der Waals surface area contributed by atoms with Gasteiger partial charge in [0, 0.05) is 5.02 Å². The van der Waals surface area contributed by atoms with Gasteiger partial charge in [-0.2, -0.15) is 8.42 Å². The van der Waals surface area contributed by atoms with Crippen LogP contribution in [0, 0.1) is 3.57 Å². The molecular weight excluding hydrogens is 455 g/mol. The van der Waals surface area contributed by atoms with Crippen LogP contribution in [0.2, 0.25) is 5.02 Å². The summed E-state index contributed by atoms with van der Waals surface area (Å²) in [5.74, 6) is 0.362. The van der Waals surface area contributed by atoms with Crippen LogP contribution in [0.1, 0.15) is 12.5 Å². The van der Waals surface area contributed by atoms with Gasteiger partial charge in [0.15, 0.2) is 11.5 Å². The molecule has 0 unspecified atom stereocenters. The fourth-order valence-corrected chi connectivity index (χ4v) is 3.82. The van der Waals surface area contributed by atoms with Gasteiger partial charge in [0.05, 0.1) is 16.8 Å². The van der Waals surface area contributed by atoms with Crippen LogP contribution in [-0.2, 0) is 16.7 Å². The van der Waals surface area contributed by atoms with Crippen molar-refractivity contribution >= 4 is 44.3 Å². The first-order chi connectivity index (χ1) is 10.9. The first-order valence-corrected chi connectivity index (χ1v) is 9.50. The molecule has 2 aromatic carbocycles. The maximum Gasteiger partial charge on any atom is 0.339 e. The third kappa shape index (κ3) is 4.50. The highest BCUT2D eigenvalue weighted by atomic mass is 127. The molecule has 0 fully saturated rings. The fraction of sp³-hybridized carbons (Fsp3) is 0.200. The van der Waals surface area contributed by atoms with Gasteiger partial charge in [-0.05, 0) is 71.5 Å². The largest absolute Gasteiger partial charge is 0.490 e. The van der Waals surface area contributed by atoms with E-state index < -0.39 is 10.1 Å². The monoisotopic (exact) mass is 468 g/mol. The van der Waals surface area contributed by atoms with Gasteiger partial charge in [-0.15, -0.1) is 0 Å². The summed E-state index contributed by atoms with van der Waals surface area (Å²) < 4.78 is 36.0. The van der Waals surface area contributed by atoms with Crippen molar-refractivity contribution in [3.63, 3.8) is 0 Å². The van der Waals surface area contributed by atoms with Crippen molar-refractivity contribution in [2.75, 3.05) is 6.61 Å². The summed E-state index contributed by atoms with van der Waals surface area (Å²) in [5, 5.41) is 9.68.